The molecule has 1 aromatic heterocycles. The second-order valence-corrected chi connectivity index (χ2v) is 3.49. The van der Waals surface area contributed by atoms with Crippen LogP contribution in [0.1, 0.15) is 10.4 Å². The van der Waals surface area contributed by atoms with Crippen LogP contribution in [0, 0.1) is 21.7 Å². The van der Waals surface area contributed by atoms with Gasteiger partial charge in [0.25, 0.3) is 0 Å². The third kappa shape index (κ3) is 2.25. The van der Waals surface area contributed by atoms with Gasteiger partial charge in [-0.1, -0.05) is 0 Å². The van der Waals surface area contributed by atoms with Crippen molar-refractivity contribution in [3.63, 3.8) is 0 Å². The number of aromatic carboxylic acids is 1. The molecule has 2 aromatic rings. The zero-order valence-electron chi connectivity index (χ0n) is 9.08. The third-order valence-corrected chi connectivity index (χ3v) is 2.28. The molecule has 9 heteroatoms. The molecule has 0 amide bonds. The Kier molecular flexibility index (Phi) is 2.95. The lowest BCUT2D eigenvalue weighted by Crippen LogP contribution is -2.04. The first-order chi connectivity index (χ1) is 8.90. The minimum atomic E-state index is -1.49. The molecule has 0 fully saturated rings. The molecular weight excluding hydrogens is 264 g/mol. The Morgan fingerprint density at radius 1 is 1.37 bits per heavy atom. The van der Waals surface area contributed by atoms with Crippen molar-refractivity contribution in [3.8, 4) is 5.69 Å². The van der Waals surface area contributed by atoms with E-state index < -0.39 is 39.6 Å². The number of halogens is 2. The molecule has 1 heterocycles. The predicted octanol–water partition coefficient (Wildman–Crippen LogP) is 1.76. The molecule has 7 nitrogen and oxygen atoms in total. The summed E-state index contributed by atoms with van der Waals surface area (Å²) in [5, 5.41) is 19.1. The second kappa shape index (κ2) is 4.44. The quantitative estimate of drug-likeness (QED) is 0.676. The molecule has 19 heavy (non-hydrogen) atoms. The summed E-state index contributed by atoms with van der Waals surface area (Å²) >= 11 is 0. The number of hydrogen-bond acceptors (Lipinski definition) is 4. The summed E-state index contributed by atoms with van der Waals surface area (Å²) in [6, 6.07) is 1.24. The fourth-order valence-electron chi connectivity index (χ4n) is 1.46. The lowest BCUT2D eigenvalue weighted by molar-refractivity contribution is -0.389. The lowest BCUT2D eigenvalue weighted by atomic mass is 10.2. The Morgan fingerprint density at radius 2 is 1.95 bits per heavy atom. The predicted molar refractivity (Wildman–Crippen MR) is 57.1 cm³/mol. The van der Waals surface area contributed by atoms with E-state index >= 15 is 0 Å². The van der Waals surface area contributed by atoms with E-state index in [1.165, 1.54) is 0 Å². The highest BCUT2D eigenvalue weighted by Gasteiger charge is 2.19. The van der Waals surface area contributed by atoms with Crippen LogP contribution in [0.5, 0.6) is 0 Å². The van der Waals surface area contributed by atoms with Crippen LogP contribution in [-0.2, 0) is 0 Å². The van der Waals surface area contributed by atoms with Crippen LogP contribution in [0.4, 0.5) is 14.6 Å². The number of hydrogen-bond donors (Lipinski definition) is 1. The summed E-state index contributed by atoms with van der Waals surface area (Å²) in [6.07, 6.45) is 1.68. The van der Waals surface area contributed by atoms with Crippen molar-refractivity contribution in [2.45, 2.75) is 0 Å². The number of rotatable bonds is 3. The molecule has 98 valence electrons. The molecule has 0 aliphatic carbocycles. The van der Waals surface area contributed by atoms with E-state index in [2.05, 4.69) is 4.98 Å². The molecule has 0 aliphatic rings. The molecule has 0 bridgehead atoms. The van der Waals surface area contributed by atoms with Crippen LogP contribution in [0.25, 0.3) is 5.69 Å². The summed E-state index contributed by atoms with van der Waals surface area (Å²) in [5.41, 5.74) is -1.20. The van der Waals surface area contributed by atoms with E-state index in [0.717, 1.165) is 17.1 Å². The number of carboxylic acid groups (broad SMARTS) is 1. The first kappa shape index (κ1) is 12.6. The number of nitro groups is 1. The fraction of sp³-hybridized carbons (Fsp3) is 0. The van der Waals surface area contributed by atoms with Gasteiger partial charge in [0.1, 0.15) is 11.9 Å². The maximum atomic E-state index is 13.6. The standard InChI is InChI=1S/C10H5F2N3O4/c11-6-1-5(10(16)17)2-7(12)9(6)14-3-8(13-4-14)15(18)19/h1-4H,(H,16,17). The number of carboxylic acids is 1. The van der Waals surface area contributed by atoms with E-state index in [9.17, 15) is 23.7 Å². The molecule has 0 radical (unpaired) electrons. The van der Waals surface area contributed by atoms with Gasteiger partial charge in [0.05, 0.1) is 5.56 Å². The summed E-state index contributed by atoms with van der Waals surface area (Å²) in [4.78, 5) is 23.6. The molecule has 0 unspecified atom stereocenters. The average molecular weight is 269 g/mol. The van der Waals surface area contributed by atoms with Crippen molar-refractivity contribution >= 4 is 11.8 Å². The maximum absolute atomic E-state index is 13.6. The fourth-order valence-corrected chi connectivity index (χ4v) is 1.46. The monoisotopic (exact) mass is 269 g/mol. The van der Waals surface area contributed by atoms with Gasteiger partial charge in [0.15, 0.2) is 11.6 Å². The zero-order valence-corrected chi connectivity index (χ0v) is 9.08. The van der Waals surface area contributed by atoms with Crippen LogP contribution >= 0.6 is 0 Å². The van der Waals surface area contributed by atoms with Crippen LogP contribution in [0.2, 0.25) is 0 Å². The molecule has 0 saturated carbocycles. The number of imidazole rings is 1. The number of aromatic nitrogens is 2. The highest BCUT2D eigenvalue weighted by Crippen LogP contribution is 2.21. The Hall–Kier alpha value is -2.84. The molecule has 0 saturated heterocycles. The molecule has 0 atom stereocenters. The molecule has 0 spiro atoms. The van der Waals surface area contributed by atoms with Crippen molar-refractivity contribution in [3.05, 3.63) is 52.0 Å². The van der Waals surface area contributed by atoms with Crippen LogP contribution in [0.15, 0.2) is 24.7 Å². The van der Waals surface area contributed by atoms with E-state index in [0.29, 0.717) is 12.1 Å². The normalized spacial score (nSPS) is 10.4. The van der Waals surface area contributed by atoms with Gasteiger partial charge in [0, 0.05) is 0 Å². The number of carbonyl (C=O) groups is 1. The highest BCUT2D eigenvalue weighted by molar-refractivity contribution is 5.87. The van der Waals surface area contributed by atoms with Crippen molar-refractivity contribution in [2.75, 3.05) is 0 Å². The minimum absolute atomic E-state index is 0.562. The summed E-state index contributed by atoms with van der Waals surface area (Å²) < 4.78 is 28.1. The largest absolute Gasteiger partial charge is 0.478 e. The molecule has 1 N–H and O–H groups in total. The van der Waals surface area contributed by atoms with Crippen molar-refractivity contribution in [2.24, 2.45) is 0 Å². The first-order valence-electron chi connectivity index (χ1n) is 4.81. The summed E-state index contributed by atoms with van der Waals surface area (Å²) in [5.74, 6) is -4.39. The maximum Gasteiger partial charge on any atom is 0.381 e. The highest BCUT2D eigenvalue weighted by atomic mass is 19.1. The number of benzene rings is 1. The van der Waals surface area contributed by atoms with Crippen LogP contribution in [0.3, 0.4) is 0 Å². The van der Waals surface area contributed by atoms with Gasteiger partial charge >= 0.3 is 11.8 Å². The Balaban J connectivity index is 2.55. The molecule has 2 rings (SSSR count). The molecular formula is C10H5F2N3O4. The van der Waals surface area contributed by atoms with Crippen LogP contribution < -0.4 is 0 Å². The lowest BCUT2D eigenvalue weighted by Gasteiger charge is -2.05. The van der Waals surface area contributed by atoms with Gasteiger partial charge in [-0.3, -0.25) is 4.57 Å². The van der Waals surface area contributed by atoms with Gasteiger partial charge in [-0.15, -0.1) is 0 Å². The Bertz CT molecular complexity index is 660. The van der Waals surface area contributed by atoms with E-state index in [1.54, 1.807) is 0 Å². The molecule has 1 aromatic carbocycles. The van der Waals surface area contributed by atoms with Gasteiger partial charge in [-0.25, -0.2) is 13.6 Å². The first-order valence-corrected chi connectivity index (χ1v) is 4.81. The Morgan fingerprint density at radius 3 is 2.37 bits per heavy atom. The van der Waals surface area contributed by atoms with E-state index in [-0.39, 0.29) is 0 Å². The number of nitrogens with zero attached hydrogens (tertiary/aromatic N) is 3. The zero-order chi connectivity index (χ0) is 14.2. The minimum Gasteiger partial charge on any atom is -0.478 e. The van der Waals surface area contributed by atoms with E-state index in [4.69, 9.17) is 5.11 Å². The summed E-state index contributed by atoms with van der Waals surface area (Å²) in [7, 11) is 0. The summed E-state index contributed by atoms with van der Waals surface area (Å²) in [6.45, 7) is 0. The van der Waals surface area contributed by atoms with Gasteiger partial charge in [0.2, 0.25) is 6.33 Å². The Labute approximate surface area is 103 Å². The van der Waals surface area contributed by atoms with Gasteiger partial charge < -0.3 is 15.2 Å². The topological polar surface area (TPSA) is 98.3 Å². The second-order valence-electron chi connectivity index (χ2n) is 3.49. The third-order valence-electron chi connectivity index (χ3n) is 2.28. The van der Waals surface area contributed by atoms with Gasteiger partial charge in [-0.05, 0) is 22.0 Å². The van der Waals surface area contributed by atoms with Gasteiger partial charge in [-0.2, -0.15) is 0 Å². The van der Waals surface area contributed by atoms with Crippen LogP contribution in [-0.4, -0.2) is 25.6 Å². The van der Waals surface area contributed by atoms with Crippen molar-refractivity contribution in [1.29, 1.82) is 0 Å². The van der Waals surface area contributed by atoms with E-state index in [1.807, 2.05) is 0 Å². The van der Waals surface area contributed by atoms with Crippen molar-refractivity contribution in [1.82, 2.24) is 9.55 Å². The van der Waals surface area contributed by atoms with Crippen molar-refractivity contribution < 1.29 is 23.6 Å². The SMILES string of the molecule is O=C(O)c1cc(F)c(-n2cnc([N+](=O)[O-])c2)c(F)c1. The smallest absolute Gasteiger partial charge is 0.381 e. The molecule has 0 aliphatic heterocycles. The average Bonchev–Trinajstić information content (AvgIpc) is 2.77.